The van der Waals surface area contributed by atoms with Gasteiger partial charge in [-0.2, -0.15) is 5.26 Å². The Balaban J connectivity index is 2.24. The SMILES string of the molecule is COc1ccc(OC)c(NC(=O)c2ccc(C#N)nc2)c1. The number of nitriles is 1. The summed E-state index contributed by atoms with van der Waals surface area (Å²) >= 11 is 0. The molecule has 0 atom stereocenters. The Morgan fingerprint density at radius 3 is 2.62 bits per heavy atom. The summed E-state index contributed by atoms with van der Waals surface area (Å²) in [5.41, 5.74) is 1.09. The molecule has 21 heavy (non-hydrogen) atoms. The molecule has 0 aliphatic carbocycles. The van der Waals surface area contributed by atoms with Crippen LogP contribution < -0.4 is 14.8 Å². The van der Waals surface area contributed by atoms with Gasteiger partial charge in [0.25, 0.3) is 5.91 Å². The molecule has 6 nitrogen and oxygen atoms in total. The smallest absolute Gasteiger partial charge is 0.257 e. The minimum atomic E-state index is -0.349. The molecule has 1 amide bonds. The predicted molar refractivity (Wildman–Crippen MR) is 76.5 cm³/mol. The van der Waals surface area contributed by atoms with Crippen LogP contribution in [0.2, 0.25) is 0 Å². The van der Waals surface area contributed by atoms with Crippen molar-refractivity contribution in [3.05, 3.63) is 47.8 Å². The first-order chi connectivity index (χ1) is 10.2. The number of hydrogen-bond donors (Lipinski definition) is 1. The molecule has 0 aliphatic heterocycles. The zero-order valence-electron chi connectivity index (χ0n) is 11.6. The summed E-state index contributed by atoms with van der Waals surface area (Å²) in [5.74, 6) is 0.772. The molecule has 6 heteroatoms. The largest absolute Gasteiger partial charge is 0.497 e. The molecule has 0 unspecified atom stereocenters. The molecule has 1 N–H and O–H groups in total. The van der Waals surface area contributed by atoms with Gasteiger partial charge >= 0.3 is 0 Å². The third kappa shape index (κ3) is 3.28. The third-order valence-electron chi connectivity index (χ3n) is 2.80. The highest BCUT2D eigenvalue weighted by Gasteiger charge is 2.11. The van der Waals surface area contributed by atoms with E-state index in [2.05, 4.69) is 10.3 Å². The van der Waals surface area contributed by atoms with Gasteiger partial charge in [-0.3, -0.25) is 4.79 Å². The number of anilines is 1. The zero-order chi connectivity index (χ0) is 15.2. The van der Waals surface area contributed by atoms with Crippen LogP contribution in [0.5, 0.6) is 11.5 Å². The summed E-state index contributed by atoms with van der Waals surface area (Å²) in [6.07, 6.45) is 1.35. The first-order valence-electron chi connectivity index (χ1n) is 6.07. The molecule has 106 valence electrons. The number of nitrogens with zero attached hydrogens (tertiary/aromatic N) is 2. The molecule has 0 bridgehead atoms. The molecule has 0 radical (unpaired) electrons. The lowest BCUT2D eigenvalue weighted by atomic mass is 10.2. The van der Waals surface area contributed by atoms with E-state index >= 15 is 0 Å². The average molecular weight is 283 g/mol. The van der Waals surface area contributed by atoms with Crippen molar-refractivity contribution in [2.75, 3.05) is 19.5 Å². The number of carbonyl (C=O) groups is 1. The molecule has 0 spiro atoms. The van der Waals surface area contributed by atoms with E-state index in [0.717, 1.165) is 0 Å². The molecule has 1 heterocycles. The Morgan fingerprint density at radius 1 is 1.24 bits per heavy atom. The molecular weight excluding hydrogens is 270 g/mol. The Labute approximate surface area is 121 Å². The minimum absolute atomic E-state index is 0.255. The van der Waals surface area contributed by atoms with Gasteiger partial charge in [0.1, 0.15) is 23.3 Å². The maximum absolute atomic E-state index is 12.2. The van der Waals surface area contributed by atoms with Crippen LogP contribution in [-0.2, 0) is 0 Å². The average Bonchev–Trinajstić information content (AvgIpc) is 2.54. The summed E-state index contributed by atoms with van der Waals surface area (Å²) < 4.78 is 10.3. The second-order valence-corrected chi connectivity index (χ2v) is 4.06. The molecule has 2 rings (SSSR count). The van der Waals surface area contributed by atoms with E-state index in [9.17, 15) is 4.79 Å². The lowest BCUT2D eigenvalue weighted by Crippen LogP contribution is -2.13. The van der Waals surface area contributed by atoms with E-state index < -0.39 is 0 Å². The van der Waals surface area contributed by atoms with Gasteiger partial charge < -0.3 is 14.8 Å². The molecule has 0 saturated carbocycles. The predicted octanol–water partition coefficient (Wildman–Crippen LogP) is 2.22. The fraction of sp³-hybridized carbons (Fsp3) is 0.133. The van der Waals surface area contributed by atoms with Crippen LogP contribution in [0.15, 0.2) is 36.5 Å². The van der Waals surface area contributed by atoms with Crippen molar-refractivity contribution in [3.63, 3.8) is 0 Å². The third-order valence-corrected chi connectivity index (χ3v) is 2.80. The number of aromatic nitrogens is 1. The van der Waals surface area contributed by atoms with E-state index in [-0.39, 0.29) is 11.6 Å². The Hall–Kier alpha value is -3.07. The second kappa shape index (κ2) is 6.39. The van der Waals surface area contributed by atoms with Crippen LogP contribution in [-0.4, -0.2) is 25.1 Å². The van der Waals surface area contributed by atoms with E-state index in [1.54, 1.807) is 18.2 Å². The molecule has 0 aliphatic rings. The quantitative estimate of drug-likeness (QED) is 0.930. The molecule has 0 fully saturated rings. The van der Waals surface area contributed by atoms with Crippen molar-refractivity contribution >= 4 is 11.6 Å². The van der Waals surface area contributed by atoms with Crippen LogP contribution in [0.25, 0.3) is 0 Å². The number of nitrogens with one attached hydrogen (secondary N) is 1. The van der Waals surface area contributed by atoms with Gasteiger partial charge in [0.2, 0.25) is 0 Å². The maximum Gasteiger partial charge on any atom is 0.257 e. The van der Waals surface area contributed by atoms with E-state index in [0.29, 0.717) is 22.7 Å². The first kappa shape index (κ1) is 14.3. The molecule has 0 saturated heterocycles. The summed E-state index contributed by atoms with van der Waals surface area (Å²) in [7, 11) is 3.05. The van der Waals surface area contributed by atoms with Gasteiger partial charge in [-0.25, -0.2) is 4.98 Å². The Kier molecular flexibility index (Phi) is 4.36. The molecule has 1 aromatic heterocycles. The second-order valence-electron chi connectivity index (χ2n) is 4.06. The molecule has 1 aromatic carbocycles. The van der Waals surface area contributed by atoms with Gasteiger partial charge in [0, 0.05) is 12.3 Å². The number of hydrogen-bond acceptors (Lipinski definition) is 5. The highest BCUT2D eigenvalue weighted by Crippen LogP contribution is 2.29. The van der Waals surface area contributed by atoms with Crippen molar-refractivity contribution in [2.45, 2.75) is 0 Å². The van der Waals surface area contributed by atoms with Gasteiger partial charge in [0.15, 0.2) is 0 Å². The van der Waals surface area contributed by atoms with Crippen molar-refractivity contribution < 1.29 is 14.3 Å². The Bertz CT molecular complexity index is 690. The summed E-state index contributed by atoms with van der Waals surface area (Å²) in [6, 6.07) is 10.0. The number of benzene rings is 1. The summed E-state index contributed by atoms with van der Waals surface area (Å²) in [5, 5.41) is 11.4. The van der Waals surface area contributed by atoms with E-state index in [1.165, 1.54) is 32.5 Å². The van der Waals surface area contributed by atoms with Gasteiger partial charge in [-0.05, 0) is 24.3 Å². The van der Waals surface area contributed by atoms with Crippen molar-refractivity contribution in [3.8, 4) is 17.6 Å². The zero-order valence-corrected chi connectivity index (χ0v) is 11.6. The number of ether oxygens (including phenoxy) is 2. The highest BCUT2D eigenvalue weighted by molar-refractivity contribution is 6.05. The first-order valence-corrected chi connectivity index (χ1v) is 6.07. The highest BCUT2D eigenvalue weighted by atomic mass is 16.5. The number of amides is 1. The lowest BCUT2D eigenvalue weighted by Gasteiger charge is -2.11. The van der Waals surface area contributed by atoms with Crippen LogP contribution in [0.4, 0.5) is 5.69 Å². The number of rotatable bonds is 4. The topological polar surface area (TPSA) is 84.2 Å². The van der Waals surface area contributed by atoms with Gasteiger partial charge in [0.05, 0.1) is 25.5 Å². The monoisotopic (exact) mass is 283 g/mol. The normalized spacial score (nSPS) is 9.57. The van der Waals surface area contributed by atoms with Gasteiger partial charge in [-0.1, -0.05) is 0 Å². The van der Waals surface area contributed by atoms with Crippen molar-refractivity contribution in [2.24, 2.45) is 0 Å². The van der Waals surface area contributed by atoms with Gasteiger partial charge in [-0.15, -0.1) is 0 Å². The number of carbonyl (C=O) groups excluding carboxylic acids is 1. The minimum Gasteiger partial charge on any atom is -0.497 e. The standard InChI is InChI=1S/C15H13N3O3/c1-20-12-5-6-14(21-2)13(7-12)18-15(19)10-3-4-11(8-16)17-9-10/h3-7,9H,1-2H3,(H,18,19). The summed E-state index contributed by atoms with van der Waals surface area (Å²) in [6.45, 7) is 0. The fourth-order valence-corrected chi connectivity index (χ4v) is 1.70. The van der Waals surface area contributed by atoms with Crippen LogP contribution in [0.3, 0.4) is 0 Å². The van der Waals surface area contributed by atoms with Crippen LogP contribution in [0, 0.1) is 11.3 Å². The molecular formula is C15H13N3O3. The van der Waals surface area contributed by atoms with E-state index in [1.807, 2.05) is 6.07 Å². The lowest BCUT2D eigenvalue weighted by molar-refractivity contribution is 0.102. The van der Waals surface area contributed by atoms with Crippen molar-refractivity contribution in [1.29, 1.82) is 5.26 Å². The Morgan fingerprint density at radius 2 is 2.05 bits per heavy atom. The number of pyridine rings is 1. The number of methoxy groups -OCH3 is 2. The molecule has 2 aromatic rings. The van der Waals surface area contributed by atoms with Crippen LogP contribution >= 0.6 is 0 Å². The van der Waals surface area contributed by atoms with Crippen molar-refractivity contribution in [1.82, 2.24) is 4.98 Å². The summed E-state index contributed by atoms with van der Waals surface area (Å²) in [4.78, 5) is 16.0. The van der Waals surface area contributed by atoms with Crippen LogP contribution in [0.1, 0.15) is 16.1 Å². The fourth-order valence-electron chi connectivity index (χ4n) is 1.70. The van der Waals surface area contributed by atoms with E-state index in [4.69, 9.17) is 14.7 Å². The maximum atomic E-state index is 12.2.